The van der Waals surface area contributed by atoms with E-state index < -0.39 is 10.0 Å². The highest BCUT2D eigenvalue weighted by atomic mass is 35.5. The fourth-order valence-corrected chi connectivity index (χ4v) is 5.32. The van der Waals surface area contributed by atoms with Crippen LogP contribution in [0.5, 0.6) is 5.75 Å². The number of carbonyl (C=O) groups excluding carboxylic acids is 1. The third kappa shape index (κ3) is 6.83. The van der Waals surface area contributed by atoms with E-state index in [0.29, 0.717) is 12.3 Å². The van der Waals surface area contributed by atoms with Gasteiger partial charge in [-0.25, -0.2) is 8.42 Å². The Labute approximate surface area is 201 Å². The van der Waals surface area contributed by atoms with Gasteiger partial charge in [0.1, 0.15) is 12.3 Å². The lowest BCUT2D eigenvalue weighted by Crippen LogP contribution is -2.45. The number of anilines is 1. The summed E-state index contributed by atoms with van der Waals surface area (Å²) in [6.07, 6.45) is 0.801. The average Bonchev–Trinajstić information content (AvgIpc) is 2.82. The molecule has 0 radical (unpaired) electrons. The van der Waals surface area contributed by atoms with Crippen molar-refractivity contribution in [3.05, 3.63) is 53.6 Å². The highest BCUT2D eigenvalue weighted by Crippen LogP contribution is 2.31. The van der Waals surface area contributed by atoms with Gasteiger partial charge >= 0.3 is 0 Å². The summed E-state index contributed by atoms with van der Waals surface area (Å²) >= 11 is 6.24. The van der Waals surface area contributed by atoms with E-state index >= 15 is 0 Å². The second-order valence-corrected chi connectivity index (χ2v) is 10.3. The van der Waals surface area contributed by atoms with Gasteiger partial charge in [-0.2, -0.15) is 0 Å². The second kappa shape index (κ2) is 11.7. The van der Waals surface area contributed by atoms with E-state index in [-0.39, 0.29) is 28.1 Å². The molecule has 1 N–H and O–H groups in total. The van der Waals surface area contributed by atoms with E-state index in [1.54, 1.807) is 30.3 Å². The van der Waals surface area contributed by atoms with Crippen LogP contribution in [0.4, 0.5) is 5.69 Å². The minimum atomic E-state index is -3.98. The third-order valence-corrected chi connectivity index (χ3v) is 7.69. The Hall–Kier alpha value is -2.33. The molecule has 0 atom stereocenters. The van der Waals surface area contributed by atoms with Gasteiger partial charge in [-0.15, -0.1) is 0 Å². The normalized spacial score (nSPS) is 15.2. The van der Waals surface area contributed by atoms with E-state index in [4.69, 9.17) is 16.3 Å². The number of hydrogen-bond donors (Lipinski definition) is 1. The van der Waals surface area contributed by atoms with Crippen molar-refractivity contribution in [2.75, 3.05) is 64.3 Å². The topological polar surface area (TPSA) is 82.2 Å². The number of likely N-dealkylation sites (N-methyl/N-ethyl adjacent to an activating group) is 1. The molecule has 8 nitrogen and oxygen atoms in total. The zero-order chi connectivity index (χ0) is 23.8. The van der Waals surface area contributed by atoms with Crippen molar-refractivity contribution >= 4 is 33.2 Å². The van der Waals surface area contributed by atoms with Crippen molar-refractivity contribution in [3.8, 4) is 5.75 Å². The Bertz CT molecular complexity index is 1030. The summed E-state index contributed by atoms with van der Waals surface area (Å²) in [5, 5.41) is 3.11. The predicted octanol–water partition coefficient (Wildman–Crippen LogP) is 2.30. The van der Waals surface area contributed by atoms with Crippen molar-refractivity contribution in [1.29, 1.82) is 0 Å². The average molecular weight is 495 g/mol. The standard InChI is InChI=1S/C23H31ClN4O4S/c1-26-13-15-27(16-14-26)12-6-11-25-23(29)18-28(19-9-10-22(32-2)21(24)17-19)33(30,31)20-7-4-3-5-8-20/h3-5,7-10,17H,6,11-16,18H2,1-2H3,(H,25,29). The Balaban J connectivity index is 1.68. The summed E-state index contributed by atoms with van der Waals surface area (Å²) in [6, 6.07) is 12.7. The molecule has 2 aromatic carbocycles. The Morgan fingerprint density at radius 3 is 2.45 bits per heavy atom. The number of carbonyl (C=O) groups is 1. The van der Waals surface area contributed by atoms with Crippen LogP contribution in [-0.4, -0.2) is 84.1 Å². The van der Waals surface area contributed by atoms with E-state index in [1.807, 2.05) is 0 Å². The smallest absolute Gasteiger partial charge is 0.264 e. The fourth-order valence-electron chi connectivity index (χ4n) is 3.63. The molecule has 0 unspecified atom stereocenters. The third-order valence-electron chi connectivity index (χ3n) is 5.61. The minimum absolute atomic E-state index is 0.0970. The molecule has 1 fully saturated rings. The molecule has 180 valence electrons. The summed E-state index contributed by atoms with van der Waals surface area (Å²) in [5.41, 5.74) is 0.289. The second-order valence-electron chi connectivity index (χ2n) is 7.99. The molecule has 1 amide bonds. The van der Waals surface area contributed by atoms with Crippen LogP contribution < -0.4 is 14.4 Å². The van der Waals surface area contributed by atoms with Gasteiger partial charge in [-0.1, -0.05) is 29.8 Å². The molecule has 1 heterocycles. The number of halogens is 1. The number of amides is 1. The number of piperazine rings is 1. The number of rotatable bonds is 10. The molecule has 1 aliphatic rings. The lowest BCUT2D eigenvalue weighted by molar-refractivity contribution is -0.119. The molecule has 1 aliphatic heterocycles. The Morgan fingerprint density at radius 1 is 1.12 bits per heavy atom. The molecule has 10 heteroatoms. The first-order chi connectivity index (χ1) is 15.8. The first-order valence-corrected chi connectivity index (χ1v) is 12.7. The van der Waals surface area contributed by atoms with Crippen LogP contribution in [0.3, 0.4) is 0 Å². The monoisotopic (exact) mass is 494 g/mol. The molecule has 0 bridgehead atoms. The van der Waals surface area contributed by atoms with Crippen LogP contribution in [0.25, 0.3) is 0 Å². The number of methoxy groups -OCH3 is 1. The van der Waals surface area contributed by atoms with Crippen molar-refractivity contribution < 1.29 is 17.9 Å². The van der Waals surface area contributed by atoms with Crippen LogP contribution in [0.2, 0.25) is 5.02 Å². The molecule has 1 saturated heterocycles. The number of hydrogen-bond acceptors (Lipinski definition) is 6. The van der Waals surface area contributed by atoms with Crippen molar-refractivity contribution in [1.82, 2.24) is 15.1 Å². The van der Waals surface area contributed by atoms with E-state index in [9.17, 15) is 13.2 Å². The van der Waals surface area contributed by atoms with E-state index in [1.165, 1.54) is 25.3 Å². The van der Waals surface area contributed by atoms with Gasteiger partial charge in [0.05, 0.1) is 22.7 Å². The molecule has 0 spiro atoms. The van der Waals surface area contributed by atoms with Crippen molar-refractivity contribution in [2.45, 2.75) is 11.3 Å². The first-order valence-electron chi connectivity index (χ1n) is 10.9. The number of nitrogens with zero attached hydrogens (tertiary/aromatic N) is 3. The van der Waals surface area contributed by atoms with Crippen molar-refractivity contribution in [3.63, 3.8) is 0 Å². The summed E-state index contributed by atoms with van der Waals surface area (Å²) in [4.78, 5) is 17.5. The molecule has 0 aliphatic carbocycles. The number of sulfonamides is 1. The lowest BCUT2D eigenvalue weighted by atomic mass is 10.3. The van der Waals surface area contributed by atoms with Gasteiger partial charge in [-0.3, -0.25) is 9.10 Å². The molecule has 2 aromatic rings. The largest absolute Gasteiger partial charge is 0.495 e. The molecular formula is C23H31ClN4O4S. The number of nitrogens with one attached hydrogen (secondary N) is 1. The first kappa shape index (κ1) is 25.3. The number of benzene rings is 2. The van der Waals surface area contributed by atoms with Gasteiger partial charge in [0.2, 0.25) is 5.91 Å². The minimum Gasteiger partial charge on any atom is -0.495 e. The highest BCUT2D eigenvalue weighted by Gasteiger charge is 2.27. The van der Waals surface area contributed by atoms with Gasteiger partial charge in [0.25, 0.3) is 10.0 Å². The molecule has 33 heavy (non-hydrogen) atoms. The molecular weight excluding hydrogens is 464 g/mol. The van der Waals surface area contributed by atoms with E-state index in [0.717, 1.165) is 43.4 Å². The molecule has 0 aromatic heterocycles. The zero-order valence-electron chi connectivity index (χ0n) is 19.0. The maximum absolute atomic E-state index is 13.4. The summed E-state index contributed by atoms with van der Waals surface area (Å²) in [5.74, 6) is 0.0469. The summed E-state index contributed by atoms with van der Waals surface area (Å²) in [6.45, 7) is 5.15. The maximum atomic E-state index is 13.4. The zero-order valence-corrected chi connectivity index (χ0v) is 20.6. The van der Waals surface area contributed by atoms with Gasteiger partial charge in [-0.05, 0) is 50.3 Å². The van der Waals surface area contributed by atoms with Gasteiger partial charge in [0.15, 0.2) is 0 Å². The van der Waals surface area contributed by atoms with Crippen LogP contribution in [0.1, 0.15) is 6.42 Å². The van der Waals surface area contributed by atoms with Crippen molar-refractivity contribution in [2.24, 2.45) is 0 Å². The van der Waals surface area contributed by atoms with Crippen LogP contribution >= 0.6 is 11.6 Å². The predicted molar refractivity (Wildman–Crippen MR) is 131 cm³/mol. The SMILES string of the molecule is COc1ccc(N(CC(=O)NCCCN2CCN(C)CC2)S(=O)(=O)c2ccccc2)cc1Cl. The molecule has 3 rings (SSSR count). The molecule has 0 saturated carbocycles. The van der Waals surface area contributed by atoms with Crippen LogP contribution in [-0.2, 0) is 14.8 Å². The maximum Gasteiger partial charge on any atom is 0.264 e. The van der Waals surface area contributed by atoms with Gasteiger partial charge < -0.3 is 19.9 Å². The van der Waals surface area contributed by atoms with Gasteiger partial charge in [0, 0.05) is 32.7 Å². The fraction of sp³-hybridized carbons (Fsp3) is 0.435. The lowest BCUT2D eigenvalue weighted by Gasteiger charge is -2.32. The number of ether oxygens (including phenoxy) is 1. The summed E-state index contributed by atoms with van der Waals surface area (Å²) < 4.78 is 33.0. The quantitative estimate of drug-likeness (QED) is 0.510. The summed E-state index contributed by atoms with van der Waals surface area (Å²) in [7, 11) is -0.383. The Morgan fingerprint density at radius 2 is 1.82 bits per heavy atom. The van der Waals surface area contributed by atoms with Crippen LogP contribution in [0, 0.1) is 0 Å². The van der Waals surface area contributed by atoms with Crippen LogP contribution in [0.15, 0.2) is 53.4 Å². The van der Waals surface area contributed by atoms with E-state index in [2.05, 4.69) is 22.2 Å². The Kier molecular flexibility index (Phi) is 8.96. The highest BCUT2D eigenvalue weighted by molar-refractivity contribution is 7.92.